The molecule has 12 fully saturated rings. The molecule has 0 radical (unpaired) electrons. The van der Waals surface area contributed by atoms with Gasteiger partial charge in [0.25, 0.3) is 0 Å². The summed E-state index contributed by atoms with van der Waals surface area (Å²) in [5.74, 6) is -3.65. The highest BCUT2D eigenvalue weighted by Gasteiger charge is 2.74. The van der Waals surface area contributed by atoms with Crippen LogP contribution in [0.1, 0.15) is 140 Å². The first-order valence-corrected chi connectivity index (χ1v) is 44.7. The third kappa shape index (κ3) is 18.9. The van der Waals surface area contributed by atoms with Gasteiger partial charge in [-0.2, -0.15) is 0 Å². The molecule has 0 spiro atoms. The van der Waals surface area contributed by atoms with E-state index in [0.717, 1.165) is 5.57 Å². The Morgan fingerprint density at radius 2 is 0.969 bits per heavy atom. The van der Waals surface area contributed by atoms with Crippen molar-refractivity contribution in [3.8, 4) is 0 Å². The maximum atomic E-state index is 16.7. The molecule has 5 aliphatic carbocycles. The highest BCUT2D eigenvalue weighted by molar-refractivity contribution is 5.89. The summed E-state index contributed by atoms with van der Waals surface area (Å²) in [6.45, 7) is 19.1. The van der Waals surface area contributed by atoms with Crippen LogP contribution in [0.2, 0.25) is 0 Å². The molecule has 129 heavy (non-hydrogen) atoms. The number of rotatable bonds is 27. The van der Waals surface area contributed by atoms with Gasteiger partial charge in [-0.15, -0.1) is 6.58 Å². The van der Waals surface area contributed by atoms with E-state index in [4.69, 9.17) is 80.5 Å². The molecule has 13 aliphatic rings. The molecule has 8 heterocycles. The van der Waals surface area contributed by atoms with E-state index in [1.807, 2.05) is 13.8 Å². The van der Waals surface area contributed by atoms with Gasteiger partial charge in [-0.3, -0.25) is 4.79 Å². The number of fused-ring (bicyclic) bond motifs is 7. The van der Waals surface area contributed by atoms with Gasteiger partial charge < -0.3 is 203 Å². The molecule has 24 N–H and O–H groups in total. The molecule has 740 valence electrons. The van der Waals surface area contributed by atoms with Gasteiger partial charge in [0.1, 0.15) is 170 Å². The quantitative estimate of drug-likeness (QED) is 0.0157. The van der Waals surface area contributed by atoms with Crippen LogP contribution < -0.4 is 0 Å². The average molecular weight is 1860 g/mol. The van der Waals surface area contributed by atoms with Crippen LogP contribution >= 0.6 is 0 Å². The molecule has 0 aromatic heterocycles. The monoisotopic (exact) mass is 1860 g/mol. The maximum Gasteiger partial charge on any atom is 0.336 e. The Kier molecular flexibility index (Phi) is 31.8. The van der Waals surface area contributed by atoms with Gasteiger partial charge in [0.15, 0.2) is 50.1 Å². The van der Waals surface area contributed by atoms with Crippen molar-refractivity contribution < 1.29 is 213 Å². The summed E-state index contributed by atoms with van der Waals surface area (Å²) in [5, 5.41) is 267. The highest BCUT2D eigenvalue weighted by Crippen LogP contribution is 2.76. The molecule has 0 amide bonds. The average Bonchev–Trinajstić information content (AvgIpc) is 1.25. The first-order valence-electron chi connectivity index (χ1n) is 44.7. The molecule has 13 rings (SSSR count). The van der Waals surface area contributed by atoms with Crippen molar-refractivity contribution in [2.24, 2.45) is 50.2 Å². The topological polar surface area (TPSA) is 677 Å². The van der Waals surface area contributed by atoms with Crippen LogP contribution in [0.15, 0.2) is 36.0 Å². The number of esters is 2. The molecule has 8 saturated heterocycles. The number of ether oxygens (including phenoxy) is 17. The fourth-order valence-electron chi connectivity index (χ4n) is 23.1. The molecule has 8 aliphatic heterocycles. The minimum Gasteiger partial charge on any atom is -0.458 e. The molecule has 0 unspecified atom stereocenters. The summed E-state index contributed by atoms with van der Waals surface area (Å²) in [6, 6.07) is 0. The lowest BCUT2D eigenvalue weighted by Gasteiger charge is -2.72. The number of hydrogen-bond acceptors (Lipinski definition) is 43. The number of carbonyl (C=O) groups is 2. The second-order valence-electron chi connectivity index (χ2n) is 40.0. The molecule has 49 atom stereocenters. The predicted molar refractivity (Wildman–Crippen MR) is 429 cm³/mol. The number of hydrogen-bond donors (Lipinski definition) is 24. The zero-order valence-electron chi connectivity index (χ0n) is 74.1. The maximum absolute atomic E-state index is 16.7. The van der Waals surface area contributed by atoms with Crippen molar-refractivity contribution in [3.05, 3.63) is 36.0 Å². The molecule has 0 aromatic carbocycles. The van der Waals surface area contributed by atoms with E-state index >= 15 is 4.79 Å². The van der Waals surface area contributed by atoms with Crippen LogP contribution in [0.25, 0.3) is 0 Å². The third-order valence-electron chi connectivity index (χ3n) is 31.4. The standard InChI is InChI=1S/C86H138O43/c1-13-82(9,129-76-64(109)55(100)48(93)32(2)115-76)20-14-15-35(26-87)70(111)122-47-25-86(79(112)128-78-69(59(104)52(97)40(28-89)120-78)127-75-65(110)67(125-74-63(108)56(101)51(96)39(27-88)118-74)66(34(4)117-75)124-73-61(106)53(98)41(29-90)119-73)37(23-80(47,5)6)36-16-17-44-83(10)21-19-46(81(7,8)43(83)18-22-84(44,11)85(36,12)24-45(86)92)123-72-62(107)57(102)54(99)42(121-72)31-114-77-68(58(103)49(94)33(3)116-77)126-71-60(105)50(95)38(91)30-113-71/h13,15-16,32-34,37-69,71-78,87-110H,1,14,17-31H2,2-12H3/b35-15+/t32-,33-,34+,37+,38-,39-,40-,41+,42-,43+,44-,45-,46+,47+,48-,49+,50+,51-,52-,53+,54-,55+,56+,57+,58+,59+,60-,61-,62-,63-,64-,65-,66+,67+,68-,69-,71+,72+,73+,74+,75+,76+,77-,78+,82+,83+,84-,85-,86-/m1/s1. The Hall–Kier alpha value is -3.40. The highest BCUT2D eigenvalue weighted by atomic mass is 16.8. The Balaban J connectivity index is 0.789. The molecule has 4 saturated carbocycles. The normalized spacial score (nSPS) is 51.6. The Labute approximate surface area is 745 Å². The van der Waals surface area contributed by atoms with Crippen LogP contribution in [-0.2, 0) is 90.1 Å². The van der Waals surface area contributed by atoms with E-state index in [9.17, 15) is 127 Å². The lowest BCUT2D eigenvalue weighted by molar-refractivity contribution is -0.390. The minimum atomic E-state index is -2.27. The van der Waals surface area contributed by atoms with E-state index in [1.54, 1.807) is 20.8 Å². The first-order chi connectivity index (χ1) is 60.5. The summed E-state index contributed by atoms with van der Waals surface area (Å²) in [6.07, 6.45) is -63.6. The summed E-state index contributed by atoms with van der Waals surface area (Å²) < 4.78 is 103. The largest absolute Gasteiger partial charge is 0.458 e. The lowest BCUT2D eigenvalue weighted by Crippen LogP contribution is -2.70. The van der Waals surface area contributed by atoms with Crippen LogP contribution in [0.5, 0.6) is 0 Å². The minimum absolute atomic E-state index is 0.0147. The van der Waals surface area contributed by atoms with Crippen molar-refractivity contribution in [3.63, 3.8) is 0 Å². The van der Waals surface area contributed by atoms with E-state index in [1.165, 1.54) is 32.9 Å². The third-order valence-corrected chi connectivity index (χ3v) is 31.4. The van der Waals surface area contributed by atoms with E-state index in [2.05, 4.69) is 33.4 Å². The van der Waals surface area contributed by atoms with Crippen LogP contribution in [0.3, 0.4) is 0 Å². The Morgan fingerprint density at radius 3 is 1.58 bits per heavy atom. The molecule has 0 aromatic rings. The van der Waals surface area contributed by atoms with Crippen molar-refractivity contribution in [1.29, 1.82) is 0 Å². The predicted octanol–water partition coefficient (Wildman–Crippen LogP) is -7.25. The zero-order chi connectivity index (χ0) is 94.7. The molecular weight excluding hydrogens is 1720 g/mol. The van der Waals surface area contributed by atoms with Gasteiger partial charge >= 0.3 is 11.9 Å². The summed E-state index contributed by atoms with van der Waals surface area (Å²) >= 11 is 0. The van der Waals surface area contributed by atoms with Crippen LogP contribution in [0.4, 0.5) is 0 Å². The SMILES string of the molecule is C=C[C@@](C)(CC/C=C(\CO)C(=O)O[C@H]1C[C@]2(C(=O)O[C@@H]3O[C@H](CO)[C@@H](O)[C@H](O)[C@H]3O[C@@H]3O[C@@H](C)[C@H](O[C@@H]4O[C@@H](CO)[C@H](O)[C@H]4O)[C@@H](O[C@@H]4O[C@H](CO)[C@@H](O)[C@H](O)[C@H]4O)[C@H]3O)[C@H](O)C[C@]3(C)C(=CC[C@@H]4[C@@]5(C)CC[C@H](O[C@@H]6O[C@H](CO[C@@H]7O[C@H](C)[C@H](O)[C@H](O)[C@H]7O[C@@H]7OC[C@@H](O)[C@H](O)[C@H]7O)[C@@H](O)[C@H](O)[C@H]6O)C(C)(C)[C@@H]5CC[C@]43C)[C@@H]2CC1(C)C)O[C@@H]1O[C@H](C)[C@@H](O)[C@H](O)[C@H]1O. The van der Waals surface area contributed by atoms with Gasteiger partial charge in [-0.05, 0) is 125 Å². The van der Waals surface area contributed by atoms with E-state index in [-0.39, 0.29) is 43.1 Å². The van der Waals surface area contributed by atoms with Crippen molar-refractivity contribution >= 4 is 11.9 Å². The summed E-state index contributed by atoms with van der Waals surface area (Å²) in [7, 11) is 0. The van der Waals surface area contributed by atoms with Gasteiger partial charge in [0, 0.05) is 11.8 Å². The number of carbonyl (C=O) groups excluding carboxylic acids is 2. The molecule has 0 bridgehead atoms. The number of aliphatic hydroxyl groups is 24. The number of allylic oxidation sites excluding steroid dienone is 3. The van der Waals surface area contributed by atoms with Gasteiger partial charge in [0.05, 0.1) is 81.3 Å². The molecule has 43 heteroatoms. The Bertz CT molecular complexity index is 3840. The van der Waals surface area contributed by atoms with E-state index in [0.29, 0.717) is 32.1 Å². The summed E-state index contributed by atoms with van der Waals surface area (Å²) in [5.41, 5.74) is -7.21. The van der Waals surface area contributed by atoms with Crippen LogP contribution in [-0.4, -0.2) is 431 Å². The van der Waals surface area contributed by atoms with Crippen molar-refractivity contribution in [1.82, 2.24) is 0 Å². The van der Waals surface area contributed by atoms with Gasteiger partial charge in [0.2, 0.25) is 6.29 Å². The Morgan fingerprint density at radius 1 is 0.481 bits per heavy atom. The second kappa shape index (κ2) is 39.8. The first kappa shape index (κ1) is 103. The summed E-state index contributed by atoms with van der Waals surface area (Å²) in [4.78, 5) is 31.6. The van der Waals surface area contributed by atoms with Gasteiger partial charge in [-0.25, -0.2) is 4.79 Å². The van der Waals surface area contributed by atoms with Gasteiger partial charge in [-0.1, -0.05) is 72.3 Å². The molecule has 43 nitrogen and oxygen atoms in total. The van der Waals surface area contributed by atoms with Crippen LogP contribution in [0, 0.1) is 50.2 Å². The molecular formula is C86H138O43. The van der Waals surface area contributed by atoms with Crippen molar-refractivity contribution in [2.75, 3.05) is 39.6 Å². The van der Waals surface area contributed by atoms with Crippen molar-refractivity contribution in [2.45, 2.75) is 398 Å². The fraction of sp³-hybridized carbons (Fsp3) is 0.907. The second-order valence-corrected chi connectivity index (χ2v) is 40.0. The smallest absolute Gasteiger partial charge is 0.336 e. The lowest BCUT2D eigenvalue weighted by atomic mass is 9.33. The van der Waals surface area contributed by atoms with E-state index < -0.39 is 354 Å². The number of aliphatic hydroxyl groups excluding tert-OH is 24. The fourth-order valence-corrected chi connectivity index (χ4v) is 23.1. The zero-order valence-corrected chi connectivity index (χ0v) is 74.1.